The zero-order chi connectivity index (χ0) is 14.5. The molecule has 1 aromatic rings. The zero-order valence-electron chi connectivity index (χ0n) is 12.2. The fourth-order valence-electron chi connectivity index (χ4n) is 2.69. The summed E-state index contributed by atoms with van der Waals surface area (Å²) in [6.45, 7) is 7.22. The Bertz CT molecular complexity index is 470. The van der Waals surface area contributed by atoms with Gasteiger partial charge in [0.1, 0.15) is 5.82 Å². The second-order valence-electron chi connectivity index (χ2n) is 5.54. The smallest absolute Gasteiger partial charge is 0.337 e. The standard InChI is InChI=1S/C15H23N3O2/c1-11(10-18-8-4-3-5-9-18)16-14-7-6-13(15(19)20)12(2)17-14/h6-7,11H,3-5,8-10H2,1-2H3,(H,16,17)(H,19,20). The molecule has 1 aliphatic rings. The molecule has 0 bridgehead atoms. The third kappa shape index (κ3) is 3.93. The van der Waals surface area contributed by atoms with E-state index in [0.29, 0.717) is 11.7 Å². The van der Waals surface area contributed by atoms with Crippen molar-refractivity contribution < 1.29 is 9.90 Å². The van der Waals surface area contributed by atoms with Crippen molar-refractivity contribution in [2.24, 2.45) is 0 Å². The van der Waals surface area contributed by atoms with E-state index < -0.39 is 5.97 Å². The maximum absolute atomic E-state index is 11.0. The molecule has 5 nitrogen and oxygen atoms in total. The molecule has 1 saturated heterocycles. The first-order chi connectivity index (χ1) is 9.56. The summed E-state index contributed by atoms with van der Waals surface area (Å²) in [5.41, 5.74) is 0.812. The lowest BCUT2D eigenvalue weighted by Crippen LogP contribution is -2.38. The minimum absolute atomic E-state index is 0.263. The van der Waals surface area contributed by atoms with E-state index in [4.69, 9.17) is 5.11 Å². The Balaban J connectivity index is 1.92. The summed E-state index contributed by atoms with van der Waals surface area (Å²) in [6, 6.07) is 3.65. The third-order valence-corrected chi connectivity index (χ3v) is 3.69. The predicted molar refractivity (Wildman–Crippen MR) is 79.3 cm³/mol. The minimum Gasteiger partial charge on any atom is -0.478 e. The van der Waals surface area contributed by atoms with Crippen molar-refractivity contribution in [2.75, 3.05) is 25.0 Å². The lowest BCUT2D eigenvalue weighted by Gasteiger charge is -2.29. The van der Waals surface area contributed by atoms with Gasteiger partial charge in [-0.3, -0.25) is 0 Å². The number of nitrogens with one attached hydrogen (secondary N) is 1. The van der Waals surface area contributed by atoms with E-state index in [1.807, 2.05) is 0 Å². The summed E-state index contributed by atoms with van der Waals surface area (Å²) in [5.74, 6) is -0.181. The van der Waals surface area contributed by atoms with Gasteiger partial charge < -0.3 is 15.3 Å². The molecule has 0 spiro atoms. The van der Waals surface area contributed by atoms with Gasteiger partial charge in [-0.25, -0.2) is 9.78 Å². The summed E-state index contributed by atoms with van der Waals surface area (Å²) in [4.78, 5) is 17.7. The average Bonchev–Trinajstić information content (AvgIpc) is 2.39. The van der Waals surface area contributed by atoms with Crippen LogP contribution in [0.5, 0.6) is 0 Å². The number of carboxylic acid groups (broad SMARTS) is 1. The molecule has 0 saturated carbocycles. The number of nitrogens with zero attached hydrogens (tertiary/aromatic N) is 2. The van der Waals surface area contributed by atoms with Gasteiger partial charge in [-0.2, -0.15) is 0 Å². The SMILES string of the molecule is Cc1nc(NC(C)CN2CCCCC2)ccc1C(=O)O. The number of aryl methyl sites for hydroxylation is 1. The van der Waals surface area contributed by atoms with Crippen LogP contribution in [0.4, 0.5) is 5.82 Å². The van der Waals surface area contributed by atoms with Crippen molar-refractivity contribution >= 4 is 11.8 Å². The molecule has 5 heteroatoms. The van der Waals surface area contributed by atoms with Gasteiger partial charge in [-0.15, -0.1) is 0 Å². The van der Waals surface area contributed by atoms with Crippen LogP contribution in [0.25, 0.3) is 0 Å². The van der Waals surface area contributed by atoms with Crippen LogP contribution in [-0.4, -0.2) is 46.6 Å². The van der Waals surface area contributed by atoms with Gasteiger partial charge in [0.05, 0.1) is 11.3 Å². The molecule has 20 heavy (non-hydrogen) atoms. The zero-order valence-corrected chi connectivity index (χ0v) is 12.2. The van der Waals surface area contributed by atoms with Crippen LogP contribution in [-0.2, 0) is 0 Å². The maximum atomic E-state index is 11.0. The quantitative estimate of drug-likeness (QED) is 0.865. The lowest BCUT2D eigenvalue weighted by molar-refractivity contribution is 0.0695. The van der Waals surface area contributed by atoms with Crippen LogP contribution in [0.3, 0.4) is 0 Å². The van der Waals surface area contributed by atoms with E-state index >= 15 is 0 Å². The summed E-state index contributed by atoms with van der Waals surface area (Å²) >= 11 is 0. The van der Waals surface area contributed by atoms with Gasteiger partial charge in [0, 0.05) is 12.6 Å². The van der Waals surface area contributed by atoms with E-state index in [2.05, 4.69) is 22.1 Å². The summed E-state index contributed by atoms with van der Waals surface area (Å²) in [6.07, 6.45) is 3.92. The molecule has 110 valence electrons. The van der Waals surface area contributed by atoms with Crippen molar-refractivity contribution in [3.05, 3.63) is 23.4 Å². The predicted octanol–water partition coefficient (Wildman–Crippen LogP) is 2.37. The normalized spacial score (nSPS) is 17.7. The number of rotatable bonds is 5. The molecule has 2 N–H and O–H groups in total. The first-order valence-electron chi connectivity index (χ1n) is 7.26. The molecule has 1 fully saturated rings. The van der Waals surface area contributed by atoms with Crippen molar-refractivity contribution in [3.8, 4) is 0 Å². The molecule has 1 atom stereocenters. The number of carboxylic acids is 1. The van der Waals surface area contributed by atoms with Gasteiger partial charge in [0.2, 0.25) is 0 Å². The van der Waals surface area contributed by atoms with Crippen molar-refractivity contribution in [3.63, 3.8) is 0 Å². The Labute approximate surface area is 120 Å². The molecule has 1 aromatic heterocycles. The molecular formula is C15H23N3O2. The second kappa shape index (κ2) is 6.70. The highest BCUT2D eigenvalue weighted by molar-refractivity contribution is 5.89. The Hall–Kier alpha value is -1.62. The van der Waals surface area contributed by atoms with E-state index in [1.165, 1.54) is 32.4 Å². The summed E-state index contributed by atoms with van der Waals surface area (Å²) < 4.78 is 0. The van der Waals surface area contributed by atoms with Gasteiger partial charge in [0.25, 0.3) is 0 Å². The Morgan fingerprint density at radius 3 is 2.70 bits per heavy atom. The largest absolute Gasteiger partial charge is 0.478 e. The maximum Gasteiger partial charge on any atom is 0.337 e. The molecule has 0 amide bonds. The number of aromatic nitrogens is 1. The van der Waals surface area contributed by atoms with Gasteiger partial charge >= 0.3 is 5.97 Å². The topological polar surface area (TPSA) is 65.5 Å². The van der Waals surface area contributed by atoms with E-state index in [9.17, 15) is 4.79 Å². The summed E-state index contributed by atoms with van der Waals surface area (Å²) in [7, 11) is 0. The van der Waals surface area contributed by atoms with E-state index in [0.717, 1.165) is 12.4 Å². The number of carbonyl (C=O) groups is 1. The highest BCUT2D eigenvalue weighted by Crippen LogP contribution is 2.13. The second-order valence-corrected chi connectivity index (χ2v) is 5.54. The van der Waals surface area contributed by atoms with E-state index in [-0.39, 0.29) is 5.56 Å². The molecule has 0 aliphatic carbocycles. The first kappa shape index (κ1) is 14.8. The van der Waals surface area contributed by atoms with Crippen molar-refractivity contribution in [2.45, 2.75) is 39.2 Å². The molecular weight excluding hydrogens is 254 g/mol. The lowest BCUT2D eigenvalue weighted by atomic mass is 10.1. The fourth-order valence-corrected chi connectivity index (χ4v) is 2.69. The first-order valence-corrected chi connectivity index (χ1v) is 7.26. The monoisotopic (exact) mass is 277 g/mol. The van der Waals surface area contributed by atoms with Crippen molar-refractivity contribution in [1.82, 2.24) is 9.88 Å². The third-order valence-electron chi connectivity index (χ3n) is 3.69. The Morgan fingerprint density at radius 2 is 2.10 bits per heavy atom. The number of likely N-dealkylation sites (tertiary alicyclic amines) is 1. The van der Waals surface area contributed by atoms with Crippen LogP contribution in [0.2, 0.25) is 0 Å². The van der Waals surface area contributed by atoms with Gasteiger partial charge in [0.15, 0.2) is 0 Å². The number of aromatic carboxylic acids is 1. The highest BCUT2D eigenvalue weighted by Gasteiger charge is 2.14. The number of piperidine rings is 1. The molecule has 0 aromatic carbocycles. The Morgan fingerprint density at radius 1 is 1.40 bits per heavy atom. The van der Waals surface area contributed by atoms with Crippen LogP contribution in [0.15, 0.2) is 12.1 Å². The summed E-state index contributed by atoms with van der Waals surface area (Å²) in [5, 5.41) is 12.3. The van der Waals surface area contributed by atoms with Crippen LogP contribution in [0.1, 0.15) is 42.2 Å². The number of hydrogen-bond acceptors (Lipinski definition) is 4. The molecule has 1 unspecified atom stereocenters. The number of hydrogen-bond donors (Lipinski definition) is 2. The van der Waals surface area contributed by atoms with Crippen molar-refractivity contribution in [1.29, 1.82) is 0 Å². The number of pyridine rings is 1. The van der Waals surface area contributed by atoms with Crippen LogP contribution < -0.4 is 5.32 Å². The Kier molecular flexibility index (Phi) is 4.95. The fraction of sp³-hybridized carbons (Fsp3) is 0.600. The van der Waals surface area contributed by atoms with Crippen LogP contribution in [0, 0.1) is 6.92 Å². The van der Waals surface area contributed by atoms with E-state index in [1.54, 1.807) is 19.1 Å². The molecule has 1 aliphatic heterocycles. The molecule has 2 rings (SSSR count). The average molecular weight is 277 g/mol. The van der Waals surface area contributed by atoms with Crippen LogP contribution >= 0.6 is 0 Å². The minimum atomic E-state index is -0.928. The number of anilines is 1. The highest BCUT2D eigenvalue weighted by atomic mass is 16.4. The van der Waals surface area contributed by atoms with Gasteiger partial charge in [-0.05, 0) is 51.9 Å². The molecule has 2 heterocycles. The molecule has 0 radical (unpaired) electrons. The van der Waals surface area contributed by atoms with Gasteiger partial charge in [-0.1, -0.05) is 6.42 Å².